The molecule has 3 N–H and O–H groups in total. The number of aliphatic hydroxyl groups excluding tert-OH is 1. The Balaban J connectivity index is 1.89. The van der Waals surface area contributed by atoms with Gasteiger partial charge in [0.2, 0.25) is 0 Å². The molecule has 0 spiro atoms. The van der Waals surface area contributed by atoms with Crippen LogP contribution in [0, 0.1) is 0 Å². The third-order valence-corrected chi connectivity index (χ3v) is 3.61. The summed E-state index contributed by atoms with van der Waals surface area (Å²) in [5.41, 5.74) is 2.00. The molecule has 2 aromatic rings. The van der Waals surface area contributed by atoms with Gasteiger partial charge in [-0.3, -0.25) is 0 Å². The molecule has 0 aliphatic rings. The molecule has 0 aliphatic carbocycles. The van der Waals surface area contributed by atoms with E-state index >= 15 is 0 Å². The third-order valence-electron chi connectivity index (χ3n) is 3.61. The van der Waals surface area contributed by atoms with Gasteiger partial charge in [-0.2, -0.15) is 0 Å². The number of aromatic amines is 1. The number of carbonyl (C=O) groups excluding carboxylic acids is 1. The zero-order valence-electron chi connectivity index (χ0n) is 13.6. The lowest BCUT2D eigenvalue weighted by Gasteiger charge is -2.20. The standard InChI is InChI=1S/C17H24N4O2/c1-13(7-6-10-22)19-17(23)21(2)12-16-18-11-15(20-16)14-8-4-3-5-9-14/h3-5,8-9,11,13,22H,6-7,10,12H2,1-2H3,(H,18,20)(H,19,23). The van der Waals surface area contributed by atoms with Crippen molar-refractivity contribution in [1.82, 2.24) is 20.2 Å². The van der Waals surface area contributed by atoms with Gasteiger partial charge in [-0.05, 0) is 25.3 Å². The van der Waals surface area contributed by atoms with Crippen LogP contribution in [0.25, 0.3) is 11.3 Å². The predicted molar refractivity (Wildman–Crippen MR) is 89.8 cm³/mol. The Morgan fingerprint density at radius 3 is 2.83 bits per heavy atom. The van der Waals surface area contributed by atoms with Crippen LogP contribution in [0.15, 0.2) is 36.5 Å². The highest BCUT2D eigenvalue weighted by molar-refractivity contribution is 5.74. The van der Waals surface area contributed by atoms with E-state index in [1.807, 2.05) is 37.3 Å². The molecule has 1 unspecified atom stereocenters. The van der Waals surface area contributed by atoms with E-state index in [0.29, 0.717) is 13.0 Å². The molecule has 124 valence electrons. The van der Waals surface area contributed by atoms with Crippen LogP contribution in [0.1, 0.15) is 25.6 Å². The first kappa shape index (κ1) is 17.0. The van der Waals surface area contributed by atoms with Gasteiger partial charge in [0.15, 0.2) is 0 Å². The highest BCUT2D eigenvalue weighted by Gasteiger charge is 2.13. The van der Waals surface area contributed by atoms with Gasteiger partial charge in [0.05, 0.1) is 18.4 Å². The molecular formula is C17H24N4O2. The van der Waals surface area contributed by atoms with Crippen molar-refractivity contribution >= 4 is 6.03 Å². The van der Waals surface area contributed by atoms with Crippen LogP contribution >= 0.6 is 0 Å². The average molecular weight is 316 g/mol. The Labute approximate surface area is 136 Å². The second kappa shape index (κ2) is 8.33. The summed E-state index contributed by atoms with van der Waals surface area (Å²) >= 11 is 0. The van der Waals surface area contributed by atoms with Gasteiger partial charge >= 0.3 is 6.03 Å². The molecule has 23 heavy (non-hydrogen) atoms. The molecule has 6 heteroatoms. The van der Waals surface area contributed by atoms with E-state index in [4.69, 9.17) is 5.11 Å². The lowest BCUT2D eigenvalue weighted by atomic mass is 10.2. The summed E-state index contributed by atoms with van der Waals surface area (Å²) in [6, 6.07) is 9.83. The fraction of sp³-hybridized carbons (Fsp3) is 0.412. The molecule has 0 saturated heterocycles. The smallest absolute Gasteiger partial charge is 0.317 e. The highest BCUT2D eigenvalue weighted by atomic mass is 16.3. The van der Waals surface area contributed by atoms with E-state index < -0.39 is 0 Å². The molecular weight excluding hydrogens is 292 g/mol. The van der Waals surface area contributed by atoms with Crippen molar-refractivity contribution in [2.24, 2.45) is 0 Å². The maximum Gasteiger partial charge on any atom is 0.317 e. The Kier molecular flexibility index (Phi) is 6.17. The minimum Gasteiger partial charge on any atom is -0.396 e. The lowest BCUT2D eigenvalue weighted by Crippen LogP contribution is -2.41. The maximum atomic E-state index is 12.1. The Morgan fingerprint density at radius 1 is 1.39 bits per heavy atom. The molecule has 2 amide bonds. The first-order valence-corrected chi connectivity index (χ1v) is 7.82. The number of nitrogens with zero attached hydrogens (tertiary/aromatic N) is 2. The Hall–Kier alpha value is -2.34. The number of rotatable bonds is 7. The number of benzene rings is 1. The number of hydrogen-bond donors (Lipinski definition) is 3. The van der Waals surface area contributed by atoms with Crippen LogP contribution in [0.2, 0.25) is 0 Å². The van der Waals surface area contributed by atoms with Crippen molar-refractivity contribution in [3.05, 3.63) is 42.4 Å². The Bertz CT molecular complexity index is 612. The summed E-state index contributed by atoms with van der Waals surface area (Å²) in [5, 5.41) is 11.7. The van der Waals surface area contributed by atoms with E-state index in [0.717, 1.165) is 23.5 Å². The number of carbonyl (C=O) groups is 1. The number of hydrogen-bond acceptors (Lipinski definition) is 3. The largest absolute Gasteiger partial charge is 0.396 e. The minimum absolute atomic E-state index is 0.0357. The van der Waals surface area contributed by atoms with Crippen LogP contribution in [0.3, 0.4) is 0 Å². The van der Waals surface area contributed by atoms with Gasteiger partial charge in [0.25, 0.3) is 0 Å². The van der Waals surface area contributed by atoms with E-state index in [-0.39, 0.29) is 18.7 Å². The molecule has 1 heterocycles. The normalized spacial score (nSPS) is 12.0. The molecule has 6 nitrogen and oxygen atoms in total. The topological polar surface area (TPSA) is 81.2 Å². The highest BCUT2D eigenvalue weighted by Crippen LogP contribution is 2.16. The van der Waals surface area contributed by atoms with Crippen molar-refractivity contribution in [3.63, 3.8) is 0 Å². The number of H-pyrrole nitrogens is 1. The summed E-state index contributed by atoms with van der Waals surface area (Å²) < 4.78 is 0. The van der Waals surface area contributed by atoms with Gasteiger partial charge in [0.1, 0.15) is 5.82 Å². The number of aliphatic hydroxyl groups is 1. The van der Waals surface area contributed by atoms with Crippen molar-refractivity contribution in [3.8, 4) is 11.3 Å². The molecule has 0 saturated carbocycles. The number of imidazole rings is 1. The van der Waals surface area contributed by atoms with Crippen LogP contribution in [-0.2, 0) is 6.54 Å². The third kappa shape index (κ3) is 5.10. The van der Waals surface area contributed by atoms with Gasteiger partial charge in [0, 0.05) is 19.7 Å². The van der Waals surface area contributed by atoms with Crippen LogP contribution in [0.4, 0.5) is 4.79 Å². The fourth-order valence-electron chi connectivity index (χ4n) is 2.29. The van der Waals surface area contributed by atoms with Crippen molar-refractivity contribution in [2.75, 3.05) is 13.7 Å². The molecule has 1 aromatic carbocycles. The number of nitrogens with one attached hydrogen (secondary N) is 2. The van der Waals surface area contributed by atoms with Crippen molar-refractivity contribution in [2.45, 2.75) is 32.4 Å². The van der Waals surface area contributed by atoms with Crippen LogP contribution in [-0.4, -0.2) is 45.7 Å². The van der Waals surface area contributed by atoms with E-state index in [1.165, 1.54) is 0 Å². The summed E-state index contributed by atoms with van der Waals surface area (Å²) in [6.07, 6.45) is 3.22. The number of amides is 2. The zero-order valence-corrected chi connectivity index (χ0v) is 13.6. The molecule has 2 rings (SSSR count). The average Bonchev–Trinajstić information content (AvgIpc) is 3.02. The van der Waals surface area contributed by atoms with Gasteiger partial charge in [-0.1, -0.05) is 30.3 Å². The SMILES string of the molecule is CC(CCCO)NC(=O)N(C)Cc1ncc(-c2ccccc2)[nH]1. The van der Waals surface area contributed by atoms with Crippen molar-refractivity contribution in [1.29, 1.82) is 0 Å². The molecule has 1 atom stereocenters. The molecule has 0 bridgehead atoms. The predicted octanol–water partition coefficient (Wildman–Crippen LogP) is 2.38. The molecule has 0 radical (unpaired) electrons. The van der Waals surface area contributed by atoms with E-state index in [9.17, 15) is 4.79 Å². The quantitative estimate of drug-likeness (QED) is 0.733. The van der Waals surface area contributed by atoms with Gasteiger partial charge in [-0.15, -0.1) is 0 Å². The van der Waals surface area contributed by atoms with Crippen LogP contribution < -0.4 is 5.32 Å². The first-order chi connectivity index (χ1) is 11.1. The molecule has 0 fully saturated rings. The van der Waals surface area contributed by atoms with Gasteiger partial charge < -0.3 is 20.3 Å². The van der Waals surface area contributed by atoms with E-state index in [1.54, 1.807) is 18.1 Å². The Morgan fingerprint density at radius 2 is 2.13 bits per heavy atom. The number of aromatic nitrogens is 2. The van der Waals surface area contributed by atoms with E-state index in [2.05, 4.69) is 15.3 Å². The number of urea groups is 1. The monoisotopic (exact) mass is 316 g/mol. The fourth-order valence-corrected chi connectivity index (χ4v) is 2.29. The lowest BCUT2D eigenvalue weighted by molar-refractivity contribution is 0.200. The summed E-state index contributed by atoms with van der Waals surface area (Å²) in [5.74, 6) is 0.740. The summed E-state index contributed by atoms with van der Waals surface area (Å²) in [4.78, 5) is 21.3. The second-order valence-corrected chi connectivity index (χ2v) is 5.68. The molecule has 1 aromatic heterocycles. The molecule has 0 aliphatic heterocycles. The maximum absolute atomic E-state index is 12.1. The van der Waals surface area contributed by atoms with Crippen LogP contribution in [0.5, 0.6) is 0 Å². The zero-order chi connectivity index (χ0) is 16.7. The minimum atomic E-state index is -0.145. The van der Waals surface area contributed by atoms with Gasteiger partial charge in [-0.25, -0.2) is 9.78 Å². The van der Waals surface area contributed by atoms with Crippen molar-refractivity contribution < 1.29 is 9.90 Å². The summed E-state index contributed by atoms with van der Waals surface area (Å²) in [7, 11) is 1.73. The second-order valence-electron chi connectivity index (χ2n) is 5.68. The summed E-state index contributed by atoms with van der Waals surface area (Å²) in [6.45, 7) is 2.48. The first-order valence-electron chi connectivity index (χ1n) is 7.82.